The van der Waals surface area contributed by atoms with Crippen molar-refractivity contribution in [3.63, 3.8) is 0 Å². The van der Waals surface area contributed by atoms with E-state index in [0.717, 1.165) is 18.0 Å². The highest BCUT2D eigenvalue weighted by molar-refractivity contribution is 5.37. The first-order chi connectivity index (χ1) is 8.72. The standard InChI is InChI=1S/C15H18N2O/c1-10-3-4-12-5-6-15(14(12)7-10)16-9-13-8-11(2)17-18-13/h3-4,7-8,15-16H,5-6,9H2,1-2H3. The van der Waals surface area contributed by atoms with Crippen molar-refractivity contribution >= 4 is 0 Å². The number of aromatic nitrogens is 1. The fraction of sp³-hybridized carbons (Fsp3) is 0.400. The second-order valence-corrected chi connectivity index (χ2v) is 5.11. The van der Waals surface area contributed by atoms with Crippen LogP contribution in [0.25, 0.3) is 0 Å². The normalized spacial score (nSPS) is 18.0. The molecule has 0 aliphatic heterocycles. The topological polar surface area (TPSA) is 38.1 Å². The number of nitrogens with zero attached hydrogens (tertiary/aromatic N) is 1. The number of nitrogens with one attached hydrogen (secondary N) is 1. The van der Waals surface area contributed by atoms with E-state index >= 15 is 0 Å². The molecule has 3 nitrogen and oxygen atoms in total. The predicted molar refractivity (Wildman–Crippen MR) is 70.3 cm³/mol. The molecule has 1 unspecified atom stereocenters. The van der Waals surface area contributed by atoms with Gasteiger partial charge >= 0.3 is 0 Å². The van der Waals surface area contributed by atoms with E-state index in [2.05, 4.69) is 35.6 Å². The second-order valence-electron chi connectivity index (χ2n) is 5.11. The smallest absolute Gasteiger partial charge is 0.150 e. The number of benzene rings is 1. The molecular weight excluding hydrogens is 224 g/mol. The summed E-state index contributed by atoms with van der Waals surface area (Å²) in [5, 5.41) is 7.47. The van der Waals surface area contributed by atoms with Gasteiger partial charge in [-0.1, -0.05) is 28.9 Å². The Labute approximate surface area is 107 Å². The fourth-order valence-electron chi connectivity index (χ4n) is 2.66. The minimum atomic E-state index is 0.449. The van der Waals surface area contributed by atoms with E-state index in [-0.39, 0.29) is 0 Å². The van der Waals surface area contributed by atoms with Crippen molar-refractivity contribution < 1.29 is 4.52 Å². The van der Waals surface area contributed by atoms with Crippen LogP contribution in [-0.2, 0) is 13.0 Å². The number of hydrogen-bond acceptors (Lipinski definition) is 3. The maximum Gasteiger partial charge on any atom is 0.150 e. The molecule has 1 aromatic heterocycles. The summed E-state index contributed by atoms with van der Waals surface area (Å²) in [5.74, 6) is 0.911. The molecule has 0 bridgehead atoms. The van der Waals surface area contributed by atoms with Gasteiger partial charge in [0.15, 0.2) is 5.76 Å². The Morgan fingerprint density at radius 1 is 1.33 bits per heavy atom. The Bertz CT molecular complexity index is 559. The molecule has 94 valence electrons. The van der Waals surface area contributed by atoms with Crippen LogP contribution in [0.15, 0.2) is 28.8 Å². The van der Waals surface area contributed by atoms with Crippen LogP contribution in [0.2, 0.25) is 0 Å². The van der Waals surface area contributed by atoms with Crippen molar-refractivity contribution in [2.45, 2.75) is 39.3 Å². The molecule has 0 fully saturated rings. The maximum absolute atomic E-state index is 5.22. The highest BCUT2D eigenvalue weighted by Crippen LogP contribution is 2.31. The summed E-state index contributed by atoms with van der Waals surface area (Å²) in [5.41, 5.74) is 5.20. The number of aryl methyl sites for hydroxylation is 3. The highest BCUT2D eigenvalue weighted by Gasteiger charge is 2.22. The molecule has 18 heavy (non-hydrogen) atoms. The van der Waals surface area contributed by atoms with E-state index < -0.39 is 0 Å². The number of rotatable bonds is 3. The SMILES string of the molecule is Cc1ccc2c(c1)C(NCc1cc(C)no1)CC2. The van der Waals surface area contributed by atoms with Gasteiger partial charge in [-0.3, -0.25) is 0 Å². The summed E-state index contributed by atoms with van der Waals surface area (Å²) in [6.45, 7) is 4.84. The summed E-state index contributed by atoms with van der Waals surface area (Å²) in [6.07, 6.45) is 2.34. The lowest BCUT2D eigenvalue weighted by molar-refractivity contribution is 0.360. The van der Waals surface area contributed by atoms with Gasteiger partial charge in [0.25, 0.3) is 0 Å². The largest absolute Gasteiger partial charge is 0.360 e. The third-order valence-electron chi connectivity index (χ3n) is 3.58. The fourth-order valence-corrected chi connectivity index (χ4v) is 2.66. The quantitative estimate of drug-likeness (QED) is 0.899. The summed E-state index contributed by atoms with van der Waals surface area (Å²) in [6, 6.07) is 9.18. The lowest BCUT2D eigenvalue weighted by atomic mass is 10.1. The van der Waals surface area contributed by atoms with Gasteiger partial charge in [-0.15, -0.1) is 0 Å². The lowest BCUT2D eigenvalue weighted by Crippen LogP contribution is -2.18. The third kappa shape index (κ3) is 2.18. The van der Waals surface area contributed by atoms with Crippen molar-refractivity contribution in [1.29, 1.82) is 0 Å². The van der Waals surface area contributed by atoms with Gasteiger partial charge in [-0.2, -0.15) is 0 Å². The lowest BCUT2D eigenvalue weighted by Gasteiger charge is -2.13. The molecule has 1 N–H and O–H groups in total. The third-order valence-corrected chi connectivity index (χ3v) is 3.58. The molecule has 2 aromatic rings. The summed E-state index contributed by atoms with van der Waals surface area (Å²) < 4.78 is 5.22. The number of hydrogen-bond donors (Lipinski definition) is 1. The van der Waals surface area contributed by atoms with E-state index in [1.165, 1.54) is 29.5 Å². The van der Waals surface area contributed by atoms with Crippen molar-refractivity contribution in [1.82, 2.24) is 10.5 Å². The molecule has 1 aromatic carbocycles. The Balaban J connectivity index is 1.71. The second kappa shape index (κ2) is 4.58. The van der Waals surface area contributed by atoms with Crippen molar-refractivity contribution in [3.05, 3.63) is 52.4 Å². The molecule has 3 rings (SSSR count). The molecule has 0 saturated heterocycles. The van der Waals surface area contributed by atoms with Crippen molar-refractivity contribution in [3.8, 4) is 0 Å². The first-order valence-electron chi connectivity index (χ1n) is 6.47. The van der Waals surface area contributed by atoms with E-state index in [0.29, 0.717) is 6.04 Å². The molecular formula is C15H18N2O. The number of fused-ring (bicyclic) bond motifs is 1. The van der Waals surface area contributed by atoms with Gasteiger partial charge in [0.1, 0.15) is 0 Å². The molecule has 1 atom stereocenters. The first kappa shape index (κ1) is 11.5. The van der Waals surface area contributed by atoms with E-state index in [1.807, 2.05) is 13.0 Å². The molecule has 0 spiro atoms. The van der Waals surface area contributed by atoms with Gasteiger partial charge < -0.3 is 9.84 Å². The minimum absolute atomic E-state index is 0.449. The zero-order valence-electron chi connectivity index (χ0n) is 10.9. The summed E-state index contributed by atoms with van der Waals surface area (Å²) in [7, 11) is 0. The summed E-state index contributed by atoms with van der Waals surface area (Å²) in [4.78, 5) is 0. The molecule has 1 aliphatic rings. The predicted octanol–water partition coefficient (Wildman–Crippen LogP) is 3.07. The Morgan fingerprint density at radius 2 is 2.22 bits per heavy atom. The zero-order chi connectivity index (χ0) is 12.5. The van der Waals surface area contributed by atoms with E-state index in [1.54, 1.807) is 0 Å². The Kier molecular flexibility index (Phi) is 2.92. The monoisotopic (exact) mass is 242 g/mol. The van der Waals surface area contributed by atoms with Crippen molar-refractivity contribution in [2.24, 2.45) is 0 Å². The molecule has 3 heteroatoms. The van der Waals surface area contributed by atoms with Crippen LogP contribution in [0.5, 0.6) is 0 Å². The van der Waals surface area contributed by atoms with Gasteiger partial charge in [-0.25, -0.2) is 0 Å². The minimum Gasteiger partial charge on any atom is -0.360 e. The average molecular weight is 242 g/mol. The molecule has 1 aliphatic carbocycles. The molecule has 0 saturated carbocycles. The van der Waals surface area contributed by atoms with Gasteiger partial charge in [0, 0.05) is 12.1 Å². The van der Waals surface area contributed by atoms with E-state index in [4.69, 9.17) is 4.52 Å². The highest BCUT2D eigenvalue weighted by atomic mass is 16.5. The van der Waals surface area contributed by atoms with Crippen LogP contribution in [0.1, 0.15) is 40.6 Å². The maximum atomic E-state index is 5.22. The zero-order valence-corrected chi connectivity index (χ0v) is 10.9. The van der Waals surface area contributed by atoms with Gasteiger partial charge in [0.2, 0.25) is 0 Å². The van der Waals surface area contributed by atoms with Crippen LogP contribution in [0, 0.1) is 13.8 Å². The molecule has 1 heterocycles. The molecule has 0 amide bonds. The molecule has 0 radical (unpaired) electrons. The van der Waals surface area contributed by atoms with Gasteiger partial charge in [-0.05, 0) is 37.8 Å². The Morgan fingerprint density at radius 3 is 3.00 bits per heavy atom. The van der Waals surface area contributed by atoms with Crippen LogP contribution < -0.4 is 5.32 Å². The Hall–Kier alpha value is -1.61. The van der Waals surface area contributed by atoms with Crippen LogP contribution in [0.4, 0.5) is 0 Å². The van der Waals surface area contributed by atoms with Crippen LogP contribution in [0.3, 0.4) is 0 Å². The van der Waals surface area contributed by atoms with Crippen LogP contribution >= 0.6 is 0 Å². The summed E-state index contributed by atoms with van der Waals surface area (Å²) >= 11 is 0. The van der Waals surface area contributed by atoms with E-state index in [9.17, 15) is 0 Å². The van der Waals surface area contributed by atoms with Crippen molar-refractivity contribution in [2.75, 3.05) is 0 Å². The van der Waals surface area contributed by atoms with Crippen LogP contribution in [-0.4, -0.2) is 5.16 Å². The first-order valence-corrected chi connectivity index (χ1v) is 6.47. The van der Waals surface area contributed by atoms with Gasteiger partial charge in [0.05, 0.1) is 12.2 Å². The average Bonchev–Trinajstić information content (AvgIpc) is 2.93.